The maximum atomic E-state index is 10.1. The second kappa shape index (κ2) is 5.86. The van der Waals surface area contributed by atoms with Gasteiger partial charge in [-0.1, -0.05) is 18.2 Å². The molecule has 0 spiro atoms. The Balaban J connectivity index is 3.04. The van der Waals surface area contributed by atoms with E-state index in [1.807, 2.05) is 18.2 Å². The third-order valence-corrected chi connectivity index (χ3v) is 1.95. The van der Waals surface area contributed by atoms with Gasteiger partial charge in [0.1, 0.15) is 11.5 Å². The van der Waals surface area contributed by atoms with Crippen LogP contribution >= 0.6 is 0 Å². The number of hydrogen-bond acceptors (Lipinski definition) is 3. The van der Waals surface area contributed by atoms with Gasteiger partial charge in [0.05, 0.1) is 19.8 Å². The fourth-order valence-electron chi connectivity index (χ4n) is 1.27. The van der Waals surface area contributed by atoms with E-state index in [4.69, 9.17) is 9.47 Å². The van der Waals surface area contributed by atoms with E-state index in [0.717, 1.165) is 17.1 Å². The Labute approximate surface area is 89.3 Å². The van der Waals surface area contributed by atoms with E-state index in [-0.39, 0.29) is 6.42 Å². The summed E-state index contributed by atoms with van der Waals surface area (Å²) < 4.78 is 10.4. The molecule has 1 rings (SSSR count). The first kappa shape index (κ1) is 11.3. The van der Waals surface area contributed by atoms with Crippen LogP contribution in [-0.4, -0.2) is 20.5 Å². The first-order chi connectivity index (χ1) is 7.33. The van der Waals surface area contributed by atoms with E-state index in [2.05, 4.69) is 0 Å². The van der Waals surface area contributed by atoms with Gasteiger partial charge in [-0.15, -0.1) is 0 Å². The highest BCUT2D eigenvalue weighted by atomic mass is 16.5. The molecule has 0 bridgehead atoms. The minimum absolute atomic E-state index is 0.265. The molecule has 79 valence electrons. The summed E-state index contributed by atoms with van der Waals surface area (Å²) in [5, 5.41) is 0. The Bertz CT molecular complexity index is 334. The molecule has 3 nitrogen and oxygen atoms in total. The number of methoxy groups -OCH3 is 2. The van der Waals surface area contributed by atoms with Crippen molar-refractivity contribution >= 4 is 12.4 Å². The van der Waals surface area contributed by atoms with Crippen molar-refractivity contribution < 1.29 is 14.3 Å². The van der Waals surface area contributed by atoms with Gasteiger partial charge in [0.15, 0.2) is 0 Å². The first-order valence-electron chi connectivity index (χ1n) is 4.56. The van der Waals surface area contributed by atoms with Gasteiger partial charge in [0.25, 0.3) is 0 Å². The molecule has 1 radical (unpaired) electrons. The third-order valence-electron chi connectivity index (χ3n) is 1.95. The molecule has 0 aliphatic heterocycles. The van der Waals surface area contributed by atoms with Crippen molar-refractivity contribution in [3.8, 4) is 11.5 Å². The lowest BCUT2D eigenvalue weighted by atomic mass is 10.1. The van der Waals surface area contributed by atoms with Gasteiger partial charge in [-0.25, -0.2) is 0 Å². The topological polar surface area (TPSA) is 35.5 Å². The molecule has 0 heterocycles. The van der Waals surface area contributed by atoms with Crippen molar-refractivity contribution in [1.82, 2.24) is 0 Å². The van der Waals surface area contributed by atoms with Crippen LogP contribution in [0.1, 0.15) is 12.0 Å². The standard InChI is InChI=1S/C12H13O3/c1-14-11-7-5-8-12(15-2)10(11)6-3-4-9-13/h3,5-8H,4H2,1-2H3/b6-3+. The zero-order valence-electron chi connectivity index (χ0n) is 8.82. The Kier molecular flexibility index (Phi) is 4.41. The van der Waals surface area contributed by atoms with Gasteiger partial charge in [0, 0.05) is 6.42 Å². The summed E-state index contributed by atoms with van der Waals surface area (Å²) in [6.45, 7) is 0. The molecule has 0 aliphatic rings. The van der Waals surface area contributed by atoms with E-state index >= 15 is 0 Å². The molecule has 1 aromatic carbocycles. The summed E-state index contributed by atoms with van der Waals surface area (Å²) in [6.07, 6.45) is 5.57. The number of allylic oxidation sites excluding steroid dienone is 1. The highest BCUT2D eigenvalue weighted by Gasteiger charge is 2.05. The molecule has 0 saturated heterocycles. The second-order valence-corrected chi connectivity index (χ2v) is 2.83. The Morgan fingerprint density at radius 2 is 1.87 bits per heavy atom. The number of hydrogen-bond donors (Lipinski definition) is 0. The fourth-order valence-corrected chi connectivity index (χ4v) is 1.27. The second-order valence-electron chi connectivity index (χ2n) is 2.83. The predicted molar refractivity (Wildman–Crippen MR) is 58.9 cm³/mol. The van der Waals surface area contributed by atoms with Crippen molar-refractivity contribution in [2.75, 3.05) is 14.2 Å². The normalized spacial score (nSPS) is 10.3. The molecule has 0 saturated carbocycles. The number of benzene rings is 1. The number of rotatable bonds is 5. The van der Waals surface area contributed by atoms with Crippen molar-refractivity contribution in [1.29, 1.82) is 0 Å². The Morgan fingerprint density at radius 3 is 2.33 bits per heavy atom. The van der Waals surface area contributed by atoms with Gasteiger partial charge in [-0.3, -0.25) is 4.79 Å². The van der Waals surface area contributed by atoms with Crippen LogP contribution in [0.4, 0.5) is 0 Å². The summed E-state index contributed by atoms with van der Waals surface area (Å²) in [4.78, 5) is 10.1. The van der Waals surface area contributed by atoms with E-state index in [1.54, 1.807) is 32.7 Å². The fraction of sp³-hybridized carbons (Fsp3) is 0.250. The molecule has 1 aromatic rings. The minimum Gasteiger partial charge on any atom is -0.496 e. The number of carbonyl (C=O) groups excluding carboxylic acids is 1. The zero-order valence-corrected chi connectivity index (χ0v) is 8.82. The monoisotopic (exact) mass is 205 g/mol. The highest BCUT2D eigenvalue weighted by Crippen LogP contribution is 2.29. The summed E-state index contributed by atoms with van der Waals surface area (Å²) in [6, 6.07) is 5.53. The zero-order chi connectivity index (χ0) is 11.1. The average molecular weight is 205 g/mol. The molecule has 3 heteroatoms. The van der Waals surface area contributed by atoms with Crippen LogP contribution in [0, 0.1) is 0 Å². The lowest BCUT2D eigenvalue weighted by Crippen LogP contribution is -1.91. The maximum absolute atomic E-state index is 10.1. The van der Waals surface area contributed by atoms with E-state index in [1.165, 1.54) is 0 Å². The summed E-state index contributed by atoms with van der Waals surface area (Å²) in [7, 11) is 3.19. The van der Waals surface area contributed by atoms with Crippen LogP contribution in [0.25, 0.3) is 6.08 Å². The van der Waals surface area contributed by atoms with Crippen molar-refractivity contribution in [2.45, 2.75) is 6.42 Å². The third kappa shape index (κ3) is 2.84. The lowest BCUT2D eigenvalue weighted by Gasteiger charge is -2.09. The Morgan fingerprint density at radius 1 is 1.27 bits per heavy atom. The molecule has 0 amide bonds. The van der Waals surface area contributed by atoms with Crippen LogP contribution in [0.15, 0.2) is 24.3 Å². The lowest BCUT2D eigenvalue weighted by molar-refractivity contribution is 0.392. The predicted octanol–water partition coefficient (Wildman–Crippen LogP) is 2.22. The van der Waals surface area contributed by atoms with Crippen molar-refractivity contribution in [2.24, 2.45) is 0 Å². The molecule has 0 aromatic heterocycles. The molecular weight excluding hydrogens is 192 g/mol. The summed E-state index contributed by atoms with van der Waals surface area (Å²) in [5.41, 5.74) is 0.831. The van der Waals surface area contributed by atoms with E-state index < -0.39 is 0 Å². The number of ether oxygens (including phenoxy) is 2. The van der Waals surface area contributed by atoms with Gasteiger partial charge in [0.2, 0.25) is 6.29 Å². The summed E-state index contributed by atoms with van der Waals surface area (Å²) >= 11 is 0. The van der Waals surface area contributed by atoms with Gasteiger partial charge in [-0.05, 0) is 12.1 Å². The van der Waals surface area contributed by atoms with Gasteiger partial charge in [-0.2, -0.15) is 0 Å². The molecule has 0 unspecified atom stereocenters. The van der Waals surface area contributed by atoms with Gasteiger partial charge < -0.3 is 9.47 Å². The van der Waals surface area contributed by atoms with Crippen molar-refractivity contribution in [3.63, 3.8) is 0 Å². The van der Waals surface area contributed by atoms with Gasteiger partial charge >= 0.3 is 0 Å². The largest absolute Gasteiger partial charge is 0.496 e. The summed E-state index contributed by atoms with van der Waals surface area (Å²) in [5.74, 6) is 1.44. The van der Waals surface area contributed by atoms with E-state index in [9.17, 15) is 4.79 Å². The van der Waals surface area contributed by atoms with Crippen LogP contribution in [0.5, 0.6) is 11.5 Å². The van der Waals surface area contributed by atoms with Crippen LogP contribution in [0.2, 0.25) is 0 Å². The Hall–Kier alpha value is -1.77. The quantitative estimate of drug-likeness (QED) is 0.739. The van der Waals surface area contributed by atoms with E-state index in [0.29, 0.717) is 0 Å². The van der Waals surface area contributed by atoms with Crippen LogP contribution in [0.3, 0.4) is 0 Å². The SMILES string of the molecule is COc1cccc(OC)c1/C=C/C[C]=O. The van der Waals surface area contributed by atoms with Crippen LogP contribution in [-0.2, 0) is 4.79 Å². The average Bonchev–Trinajstić information content (AvgIpc) is 2.29. The molecule has 0 fully saturated rings. The highest BCUT2D eigenvalue weighted by molar-refractivity contribution is 5.66. The smallest absolute Gasteiger partial charge is 0.202 e. The molecule has 0 aliphatic carbocycles. The minimum atomic E-state index is 0.265. The van der Waals surface area contributed by atoms with Crippen LogP contribution < -0.4 is 9.47 Å². The first-order valence-corrected chi connectivity index (χ1v) is 4.56. The molecular formula is C12H13O3. The molecule has 0 atom stereocenters. The maximum Gasteiger partial charge on any atom is 0.202 e. The molecule has 0 N–H and O–H groups in total. The van der Waals surface area contributed by atoms with Crippen molar-refractivity contribution in [3.05, 3.63) is 29.8 Å². The molecule has 15 heavy (non-hydrogen) atoms.